The zero-order chi connectivity index (χ0) is 23.8. The highest BCUT2D eigenvalue weighted by atomic mass is 31.2. The van der Waals surface area contributed by atoms with E-state index in [-0.39, 0.29) is 11.5 Å². The monoisotopic (exact) mass is 482 g/mol. The molecule has 0 saturated carbocycles. The second kappa shape index (κ2) is 8.91. The van der Waals surface area contributed by atoms with E-state index in [1.165, 1.54) is 29.9 Å². The molecule has 5 heterocycles. The van der Waals surface area contributed by atoms with Gasteiger partial charge in [-0.15, -0.1) is 0 Å². The van der Waals surface area contributed by atoms with Crippen molar-refractivity contribution in [3.63, 3.8) is 0 Å². The van der Waals surface area contributed by atoms with E-state index in [0.29, 0.717) is 22.5 Å². The highest BCUT2D eigenvalue weighted by Crippen LogP contribution is 2.38. The molecule has 176 valence electrons. The van der Waals surface area contributed by atoms with E-state index in [4.69, 9.17) is 26.0 Å². The van der Waals surface area contributed by atoms with Gasteiger partial charge in [-0.25, -0.2) is 34.5 Å². The van der Waals surface area contributed by atoms with E-state index in [0.717, 1.165) is 0 Å². The van der Waals surface area contributed by atoms with Gasteiger partial charge in [0.25, 0.3) is 0 Å². The zero-order valence-electron chi connectivity index (χ0n) is 16.6. The quantitative estimate of drug-likeness (QED) is 0.156. The van der Waals surface area contributed by atoms with Gasteiger partial charge < -0.3 is 41.2 Å². The fourth-order valence-corrected chi connectivity index (χ4v) is 3.45. The summed E-state index contributed by atoms with van der Waals surface area (Å²) in [5.41, 5.74) is 13.0. The van der Waals surface area contributed by atoms with Gasteiger partial charge in [0, 0.05) is 0 Å². The first-order valence-corrected chi connectivity index (χ1v) is 10.7. The summed E-state index contributed by atoms with van der Waals surface area (Å²) < 4.78 is 21.8. The number of fused-ring (bicyclic) bond motifs is 2. The average molecular weight is 482 g/mol. The number of imidazole rings is 2. The molecule has 9 N–H and O–H groups in total. The maximum atomic E-state index is 10.7. The molecule has 1 saturated heterocycles. The van der Waals surface area contributed by atoms with Gasteiger partial charge in [-0.3, -0.25) is 9.09 Å². The van der Waals surface area contributed by atoms with Crippen LogP contribution >= 0.6 is 7.82 Å². The van der Waals surface area contributed by atoms with Gasteiger partial charge in [0.1, 0.15) is 42.0 Å². The first kappa shape index (κ1) is 22.9. The normalized spacial score (nSPS) is 23.0. The highest BCUT2D eigenvalue weighted by Gasteiger charge is 2.45. The van der Waals surface area contributed by atoms with E-state index in [2.05, 4.69) is 39.4 Å². The number of nitrogens with zero attached hydrogens (tertiary/aromatic N) is 7. The van der Waals surface area contributed by atoms with Crippen LogP contribution in [0.4, 0.5) is 11.6 Å². The minimum Gasteiger partial charge on any atom is -0.387 e. The highest BCUT2D eigenvalue weighted by molar-refractivity contribution is 7.46. The third-order valence-electron chi connectivity index (χ3n) is 4.66. The van der Waals surface area contributed by atoms with Crippen molar-refractivity contribution in [2.24, 2.45) is 0 Å². The predicted octanol–water partition coefficient (Wildman–Crippen LogP) is -1.93. The Morgan fingerprint density at radius 1 is 1.06 bits per heavy atom. The van der Waals surface area contributed by atoms with Gasteiger partial charge in [-0.2, -0.15) is 0 Å². The summed E-state index contributed by atoms with van der Waals surface area (Å²) in [6.45, 7) is -0.594. The molecule has 0 amide bonds. The van der Waals surface area contributed by atoms with Gasteiger partial charge in [0.2, 0.25) is 0 Å². The lowest BCUT2D eigenvalue weighted by atomic mass is 10.1. The molecule has 0 bridgehead atoms. The molecule has 0 aromatic carbocycles. The second-order valence-corrected chi connectivity index (χ2v) is 8.01. The van der Waals surface area contributed by atoms with Crippen LogP contribution in [0.3, 0.4) is 0 Å². The lowest BCUT2D eigenvalue weighted by Crippen LogP contribution is -2.33. The third-order valence-corrected chi connectivity index (χ3v) is 5.14. The molecule has 33 heavy (non-hydrogen) atoms. The van der Waals surface area contributed by atoms with Gasteiger partial charge in [0.15, 0.2) is 29.2 Å². The van der Waals surface area contributed by atoms with Crippen molar-refractivity contribution in [2.45, 2.75) is 24.5 Å². The van der Waals surface area contributed by atoms with Crippen LogP contribution in [0.15, 0.2) is 25.3 Å². The first-order valence-electron chi connectivity index (χ1n) is 9.20. The number of aliphatic hydroxyl groups excluding tert-OH is 2. The number of phosphoric acid groups is 1. The lowest BCUT2D eigenvalue weighted by molar-refractivity contribution is -0.0504. The van der Waals surface area contributed by atoms with Gasteiger partial charge in [-0.1, -0.05) is 0 Å². The molecule has 4 aromatic heterocycles. The smallest absolute Gasteiger partial charge is 0.387 e. The number of nitrogen functional groups attached to an aromatic ring is 2. The molecule has 18 heteroatoms. The lowest BCUT2D eigenvalue weighted by Gasteiger charge is -2.16. The molecular weight excluding hydrogens is 463 g/mol. The Balaban J connectivity index is 0.000000214. The minimum atomic E-state index is -4.72. The topological polar surface area (TPSA) is 267 Å². The molecule has 17 nitrogen and oxygen atoms in total. The maximum absolute atomic E-state index is 10.7. The van der Waals surface area contributed by atoms with Crippen molar-refractivity contribution in [1.29, 1.82) is 0 Å². The third kappa shape index (κ3) is 4.74. The van der Waals surface area contributed by atoms with Crippen molar-refractivity contribution in [3.05, 3.63) is 25.3 Å². The molecule has 1 fully saturated rings. The number of hydrogen-bond acceptors (Lipinski definition) is 13. The van der Waals surface area contributed by atoms with E-state index in [9.17, 15) is 14.8 Å². The average Bonchev–Trinajstić information content (AvgIpc) is 3.47. The molecule has 4 atom stereocenters. The van der Waals surface area contributed by atoms with Crippen molar-refractivity contribution in [3.8, 4) is 0 Å². The van der Waals surface area contributed by atoms with Crippen LogP contribution < -0.4 is 11.5 Å². The molecule has 0 aliphatic carbocycles. The van der Waals surface area contributed by atoms with Gasteiger partial charge in [-0.05, 0) is 0 Å². The number of nitrogens with one attached hydrogen (secondary N) is 1. The molecule has 0 unspecified atom stereocenters. The van der Waals surface area contributed by atoms with Gasteiger partial charge >= 0.3 is 7.82 Å². The minimum absolute atomic E-state index is 0.142. The molecule has 0 radical (unpaired) electrons. The fourth-order valence-electron chi connectivity index (χ4n) is 3.11. The molecule has 5 rings (SSSR count). The maximum Gasteiger partial charge on any atom is 0.469 e. The SMILES string of the molecule is Nc1ncnc2c1ncn2[C@@H]1O[C@H](COP(=O)(O)O)[C@@H](O)[C@H]1O.Nc1ncnc2nc[nH]c12. The number of phosphoric ester groups is 1. The van der Waals surface area contributed by atoms with Crippen LogP contribution in [-0.4, -0.2) is 84.4 Å². The van der Waals surface area contributed by atoms with E-state index >= 15 is 0 Å². The van der Waals surface area contributed by atoms with Gasteiger partial charge in [0.05, 0.1) is 19.3 Å². The summed E-state index contributed by atoms with van der Waals surface area (Å²) >= 11 is 0. The Hall–Kier alpha value is -3.31. The summed E-state index contributed by atoms with van der Waals surface area (Å²) in [6, 6.07) is 0. The van der Waals surface area contributed by atoms with E-state index in [1.807, 2.05) is 0 Å². The summed E-state index contributed by atoms with van der Waals surface area (Å²) in [6.07, 6.45) is 0.435. The second-order valence-electron chi connectivity index (χ2n) is 6.78. The van der Waals surface area contributed by atoms with Crippen LogP contribution in [-0.2, 0) is 13.8 Å². The number of rotatable bonds is 4. The molecule has 0 spiro atoms. The molecule has 1 aliphatic rings. The van der Waals surface area contributed by atoms with Crippen molar-refractivity contribution in [1.82, 2.24) is 39.5 Å². The Morgan fingerprint density at radius 3 is 2.52 bits per heavy atom. The van der Waals surface area contributed by atoms with E-state index < -0.39 is 39.0 Å². The van der Waals surface area contributed by atoms with Crippen LogP contribution in [0.5, 0.6) is 0 Å². The number of hydrogen-bond donors (Lipinski definition) is 7. The number of ether oxygens (including phenoxy) is 1. The summed E-state index contributed by atoms with van der Waals surface area (Å²) in [5, 5.41) is 20.1. The molecular formula is C15H19N10O7P. The Morgan fingerprint density at radius 2 is 1.79 bits per heavy atom. The number of nitrogens with two attached hydrogens (primary N) is 2. The van der Waals surface area contributed by atoms with Crippen LogP contribution in [0.1, 0.15) is 6.23 Å². The Kier molecular flexibility index (Phi) is 6.17. The standard InChI is InChI=1S/C10H14N5O7P.C5H5N5/c11-8-5-9(13-2-12-8)15(3-14-5)10-7(17)6(16)4(22-10)1-21-23(18,19)20;6-4-3-5(9-1-7-3)10-2-8-4/h2-4,6-7,10,16-17H,1H2,(H2,11,12,13)(H2,18,19,20);1-2H,(H3,6,7,8,9,10)/t4-,6-,7-,10-;/m1./s1. The zero-order valence-corrected chi connectivity index (χ0v) is 17.5. The first-order chi connectivity index (χ1) is 15.7. The van der Waals surface area contributed by atoms with Crippen molar-refractivity contribution in [2.75, 3.05) is 18.1 Å². The molecule has 4 aromatic rings. The van der Waals surface area contributed by atoms with Crippen LogP contribution in [0.25, 0.3) is 22.3 Å². The fraction of sp³-hybridized carbons (Fsp3) is 0.333. The number of aromatic nitrogens is 8. The molecule has 1 aliphatic heterocycles. The largest absolute Gasteiger partial charge is 0.469 e. The predicted molar refractivity (Wildman–Crippen MR) is 110 cm³/mol. The summed E-state index contributed by atoms with van der Waals surface area (Å²) in [4.78, 5) is 43.6. The van der Waals surface area contributed by atoms with Crippen LogP contribution in [0.2, 0.25) is 0 Å². The Labute approximate surface area is 183 Å². The Bertz CT molecular complexity index is 1310. The number of H-pyrrole nitrogens is 1. The summed E-state index contributed by atoms with van der Waals surface area (Å²) in [7, 11) is -4.72. The summed E-state index contributed by atoms with van der Waals surface area (Å²) in [5.74, 6) is 0.575. The van der Waals surface area contributed by atoms with Crippen molar-refractivity contribution >= 4 is 41.8 Å². The number of aliphatic hydroxyl groups is 2. The van der Waals surface area contributed by atoms with Crippen LogP contribution in [0, 0.1) is 0 Å². The van der Waals surface area contributed by atoms with E-state index in [1.54, 1.807) is 0 Å². The number of aromatic amines is 1. The number of anilines is 2. The van der Waals surface area contributed by atoms with Crippen molar-refractivity contribution < 1.29 is 33.8 Å².